The molecule has 0 saturated carbocycles. The fourth-order valence-electron chi connectivity index (χ4n) is 5.05. The Bertz CT molecular complexity index is 1310. The maximum Gasteiger partial charge on any atom is 0.187 e. The fourth-order valence-corrected chi connectivity index (χ4v) is 5.73. The van der Waals surface area contributed by atoms with Gasteiger partial charge in [-0.15, -0.1) is 0 Å². The van der Waals surface area contributed by atoms with Gasteiger partial charge in [0.25, 0.3) is 0 Å². The first-order valence-electron chi connectivity index (χ1n) is 13.9. The first kappa shape index (κ1) is 28.1. The Morgan fingerprint density at radius 2 is 1.17 bits per heavy atom. The summed E-state index contributed by atoms with van der Waals surface area (Å²) in [7, 11) is 0. The number of benzene rings is 4. The first-order valence-corrected chi connectivity index (χ1v) is 14.9. The van der Waals surface area contributed by atoms with Gasteiger partial charge in [-0.3, -0.25) is 0 Å². The second kappa shape index (κ2) is 14.2. The monoisotopic (exact) mass is 570 g/mol. The summed E-state index contributed by atoms with van der Waals surface area (Å²) in [4.78, 5) is 1.12. The molecule has 2 aliphatic heterocycles. The van der Waals surface area contributed by atoms with Crippen LogP contribution in [0.15, 0.2) is 126 Å². The van der Waals surface area contributed by atoms with Crippen LogP contribution >= 0.6 is 11.8 Å². The first-order chi connectivity index (χ1) is 20.3. The van der Waals surface area contributed by atoms with Crippen LogP contribution in [0.1, 0.15) is 23.0 Å². The van der Waals surface area contributed by atoms with Gasteiger partial charge >= 0.3 is 0 Å². The Morgan fingerprint density at radius 3 is 1.80 bits per heavy atom. The quantitative estimate of drug-likeness (QED) is 0.146. The van der Waals surface area contributed by atoms with Gasteiger partial charge in [-0.05, 0) is 23.3 Å². The molecule has 2 fully saturated rings. The average Bonchev–Trinajstić information content (AvgIpc) is 3.04. The van der Waals surface area contributed by atoms with Crippen molar-refractivity contribution < 1.29 is 28.4 Å². The summed E-state index contributed by atoms with van der Waals surface area (Å²) in [6, 6.07) is 40.3. The third-order valence-electron chi connectivity index (χ3n) is 7.13. The second-order valence-electron chi connectivity index (χ2n) is 9.98. The third kappa shape index (κ3) is 7.45. The highest BCUT2D eigenvalue weighted by molar-refractivity contribution is 7.99. The van der Waals surface area contributed by atoms with Crippen molar-refractivity contribution >= 4 is 11.8 Å². The van der Waals surface area contributed by atoms with Crippen molar-refractivity contribution in [3.63, 3.8) is 0 Å². The van der Waals surface area contributed by atoms with Crippen molar-refractivity contribution in [2.45, 2.75) is 55.1 Å². The molecule has 212 valence electrons. The van der Waals surface area contributed by atoms with Crippen LogP contribution in [0.3, 0.4) is 0 Å². The van der Waals surface area contributed by atoms with Gasteiger partial charge in [0.2, 0.25) is 0 Å². The van der Waals surface area contributed by atoms with Gasteiger partial charge in [0.05, 0.1) is 25.8 Å². The molecule has 4 aromatic rings. The van der Waals surface area contributed by atoms with Gasteiger partial charge in [-0.2, -0.15) is 0 Å². The van der Waals surface area contributed by atoms with E-state index in [4.69, 9.17) is 28.4 Å². The van der Waals surface area contributed by atoms with Gasteiger partial charge in [0.15, 0.2) is 12.6 Å². The van der Waals surface area contributed by atoms with Crippen LogP contribution in [0, 0.1) is 0 Å². The highest BCUT2D eigenvalue weighted by Crippen LogP contribution is 2.37. The zero-order chi connectivity index (χ0) is 27.7. The molecule has 0 aromatic heterocycles. The van der Waals surface area contributed by atoms with Gasteiger partial charge in [0, 0.05) is 10.5 Å². The van der Waals surface area contributed by atoms with Crippen LogP contribution in [0.5, 0.6) is 0 Å². The maximum absolute atomic E-state index is 6.65. The molecule has 6 atom stereocenters. The van der Waals surface area contributed by atoms with E-state index in [0.29, 0.717) is 25.8 Å². The van der Waals surface area contributed by atoms with E-state index < -0.39 is 30.9 Å². The van der Waals surface area contributed by atoms with E-state index in [-0.39, 0.29) is 6.10 Å². The minimum Gasteiger partial charge on any atom is -0.368 e. The summed E-state index contributed by atoms with van der Waals surface area (Å²) < 4.78 is 38.8. The lowest BCUT2D eigenvalue weighted by Gasteiger charge is -2.49. The largest absolute Gasteiger partial charge is 0.368 e. The molecule has 2 heterocycles. The highest BCUT2D eigenvalue weighted by Gasteiger charge is 2.52. The lowest BCUT2D eigenvalue weighted by Crippen LogP contribution is -2.63. The molecule has 41 heavy (non-hydrogen) atoms. The number of ether oxygens (including phenoxy) is 6. The smallest absolute Gasteiger partial charge is 0.187 e. The second-order valence-corrected chi connectivity index (χ2v) is 11.0. The SMILES string of the molecule is c1ccc(CO[C@@H]2[C@H](OCc3ccccc3)[C@H](OCSc3ccccc3)O[C@@H]3COC(c4ccccc4)O[C@@H]23)cc1. The molecule has 4 aromatic carbocycles. The molecule has 1 unspecified atom stereocenters. The molecular weight excluding hydrogens is 536 g/mol. The van der Waals surface area contributed by atoms with Gasteiger partial charge in [-0.1, -0.05) is 121 Å². The van der Waals surface area contributed by atoms with E-state index in [2.05, 4.69) is 24.3 Å². The molecule has 0 spiro atoms. The molecule has 0 amide bonds. The molecule has 0 aliphatic carbocycles. The predicted octanol–water partition coefficient (Wildman–Crippen LogP) is 6.76. The number of fused-ring (bicyclic) bond motifs is 1. The fraction of sp³-hybridized carbons (Fsp3) is 0.294. The topological polar surface area (TPSA) is 55.4 Å². The Morgan fingerprint density at radius 1 is 0.610 bits per heavy atom. The maximum atomic E-state index is 6.65. The van der Waals surface area contributed by atoms with Gasteiger partial charge in [-0.25, -0.2) is 0 Å². The van der Waals surface area contributed by atoms with Crippen LogP contribution in [0.4, 0.5) is 0 Å². The van der Waals surface area contributed by atoms with E-state index in [0.717, 1.165) is 21.6 Å². The van der Waals surface area contributed by atoms with Crippen molar-refractivity contribution in [2.75, 3.05) is 12.5 Å². The van der Waals surface area contributed by atoms with Crippen LogP contribution in [0.25, 0.3) is 0 Å². The number of rotatable bonds is 11. The Kier molecular flexibility index (Phi) is 9.77. The van der Waals surface area contributed by atoms with Crippen molar-refractivity contribution in [2.24, 2.45) is 0 Å². The summed E-state index contributed by atoms with van der Waals surface area (Å²) in [5.41, 5.74) is 3.08. The molecule has 2 saturated heterocycles. The molecule has 6 rings (SSSR count). The summed E-state index contributed by atoms with van der Waals surface area (Å²) in [5, 5.41) is 0. The Balaban J connectivity index is 1.25. The van der Waals surface area contributed by atoms with E-state index >= 15 is 0 Å². The van der Waals surface area contributed by atoms with E-state index in [9.17, 15) is 0 Å². The van der Waals surface area contributed by atoms with Crippen LogP contribution in [0.2, 0.25) is 0 Å². The Labute approximate surface area is 245 Å². The summed E-state index contributed by atoms with van der Waals surface area (Å²) >= 11 is 1.61. The summed E-state index contributed by atoms with van der Waals surface area (Å²) in [6.45, 7) is 1.15. The molecule has 2 aliphatic rings. The van der Waals surface area contributed by atoms with Crippen molar-refractivity contribution in [3.05, 3.63) is 138 Å². The normalized spacial score (nSPS) is 25.9. The van der Waals surface area contributed by atoms with Gasteiger partial charge in [0.1, 0.15) is 24.4 Å². The molecule has 6 nitrogen and oxygen atoms in total. The predicted molar refractivity (Wildman–Crippen MR) is 157 cm³/mol. The van der Waals surface area contributed by atoms with E-state index in [1.54, 1.807) is 11.8 Å². The van der Waals surface area contributed by atoms with Gasteiger partial charge < -0.3 is 28.4 Å². The molecule has 0 bridgehead atoms. The average molecular weight is 571 g/mol. The standard InChI is InChI=1S/C34H34O6S/c1-5-13-25(14-6-1)21-35-31-30-29(23-37-33(40-30)27-17-9-3-10-18-27)39-34(38-24-41-28-19-11-4-12-20-28)32(31)36-22-26-15-7-2-8-16-26/h1-20,29-34H,21-24H2/t29-,30-,31+,32+,33?,34-/m1/s1. The number of hydrogen-bond acceptors (Lipinski definition) is 7. The van der Waals surface area contributed by atoms with E-state index in [1.165, 1.54) is 0 Å². The van der Waals surface area contributed by atoms with Crippen LogP contribution in [-0.2, 0) is 41.6 Å². The minimum absolute atomic E-state index is 0.354. The molecule has 0 radical (unpaired) electrons. The lowest BCUT2D eigenvalue weighted by atomic mass is 9.97. The summed E-state index contributed by atoms with van der Waals surface area (Å²) in [6.07, 6.45) is -2.98. The minimum atomic E-state index is -0.669. The summed E-state index contributed by atoms with van der Waals surface area (Å²) in [5.74, 6) is 0.400. The molecular formula is C34H34O6S. The lowest BCUT2D eigenvalue weighted by molar-refractivity contribution is -0.370. The van der Waals surface area contributed by atoms with Crippen LogP contribution < -0.4 is 0 Å². The van der Waals surface area contributed by atoms with E-state index in [1.807, 2.05) is 97.1 Å². The van der Waals surface area contributed by atoms with Crippen molar-refractivity contribution in [1.29, 1.82) is 0 Å². The molecule has 7 heteroatoms. The highest BCUT2D eigenvalue weighted by atomic mass is 32.2. The number of hydrogen-bond donors (Lipinski definition) is 0. The van der Waals surface area contributed by atoms with Crippen LogP contribution in [-0.4, -0.2) is 43.3 Å². The van der Waals surface area contributed by atoms with Crippen molar-refractivity contribution in [1.82, 2.24) is 0 Å². The molecule has 0 N–H and O–H groups in total. The van der Waals surface area contributed by atoms with Crippen molar-refractivity contribution in [3.8, 4) is 0 Å². The third-order valence-corrected chi connectivity index (χ3v) is 7.99. The zero-order valence-electron chi connectivity index (χ0n) is 22.7. The Hall–Kier alpha value is -3.01. The zero-order valence-corrected chi connectivity index (χ0v) is 23.5. The number of thioether (sulfide) groups is 1.